The minimum absolute atomic E-state index is 0.0499. The molecule has 0 aromatic rings. The fourth-order valence-electron chi connectivity index (χ4n) is 2.59. The summed E-state index contributed by atoms with van der Waals surface area (Å²) >= 11 is 0. The van der Waals surface area contributed by atoms with Crippen LogP contribution in [0.3, 0.4) is 0 Å². The first-order valence-corrected chi connectivity index (χ1v) is 5.81. The third-order valence-corrected chi connectivity index (χ3v) is 3.73. The molecule has 3 N–H and O–H groups in total. The number of aliphatic hydroxyl groups is 1. The van der Waals surface area contributed by atoms with E-state index in [4.69, 9.17) is 10.8 Å². The lowest BCUT2D eigenvalue weighted by atomic mass is 9.84. The van der Waals surface area contributed by atoms with Crippen LogP contribution in [0.2, 0.25) is 0 Å². The summed E-state index contributed by atoms with van der Waals surface area (Å²) in [6, 6.07) is 0.477. The third-order valence-electron chi connectivity index (χ3n) is 3.73. The normalized spacial score (nSPS) is 24.4. The van der Waals surface area contributed by atoms with Gasteiger partial charge >= 0.3 is 0 Å². The molecule has 1 saturated heterocycles. The highest BCUT2D eigenvalue weighted by molar-refractivity contribution is 4.98. The second-order valence-corrected chi connectivity index (χ2v) is 4.36. The molecule has 0 bridgehead atoms. The van der Waals surface area contributed by atoms with Crippen molar-refractivity contribution in [1.29, 1.82) is 0 Å². The molecule has 0 aromatic carbocycles. The van der Waals surface area contributed by atoms with Gasteiger partial charge < -0.3 is 10.8 Å². The number of rotatable bonds is 5. The molecule has 0 aliphatic carbocycles. The highest BCUT2D eigenvalue weighted by Crippen LogP contribution is 2.29. The van der Waals surface area contributed by atoms with E-state index in [1.165, 1.54) is 12.8 Å². The van der Waals surface area contributed by atoms with E-state index in [1.807, 2.05) is 0 Å². The Kier molecular flexibility index (Phi) is 4.35. The van der Waals surface area contributed by atoms with E-state index >= 15 is 0 Å². The van der Waals surface area contributed by atoms with E-state index in [0.717, 1.165) is 25.9 Å². The summed E-state index contributed by atoms with van der Waals surface area (Å²) < 4.78 is 0. The molecular weight excluding hydrogens is 176 g/mol. The lowest BCUT2D eigenvalue weighted by Crippen LogP contribution is -2.55. The highest BCUT2D eigenvalue weighted by atomic mass is 16.3. The number of aliphatic hydroxyl groups excluding tert-OH is 1. The van der Waals surface area contributed by atoms with E-state index in [0.29, 0.717) is 6.04 Å². The first-order chi connectivity index (χ1) is 6.68. The van der Waals surface area contributed by atoms with Gasteiger partial charge in [0.05, 0.1) is 6.61 Å². The lowest BCUT2D eigenvalue weighted by Gasteiger charge is -2.39. The number of nitrogens with two attached hydrogens (primary N) is 1. The maximum atomic E-state index is 8.97. The van der Waals surface area contributed by atoms with Crippen LogP contribution in [-0.2, 0) is 0 Å². The molecule has 1 aliphatic rings. The molecule has 1 heterocycles. The average Bonchev–Trinajstić information content (AvgIpc) is 2.66. The molecule has 1 rings (SSSR count). The Bertz CT molecular complexity index is 169. The SMILES string of the molecule is CCC(N)(CC)C1CCCN1CCO. The fraction of sp³-hybridized carbons (Fsp3) is 1.00. The van der Waals surface area contributed by atoms with E-state index in [-0.39, 0.29) is 12.1 Å². The van der Waals surface area contributed by atoms with Gasteiger partial charge in [-0.1, -0.05) is 13.8 Å². The van der Waals surface area contributed by atoms with Crippen molar-refractivity contribution in [2.24, 2.45) is 5.73 Å². The van der Waals surface area contributed by atoms with Crippen LogP contribution in [0.25, 0.3) is 0 Å². The van der Waals surface area contributed by atoms with Crippen molar-refractivity contribution in [2.45, 2.75) is 51.1 Å². The second kappa shape index (κ2) is 5.10. The van der Waals surface area contributed by atoms with Crippen molar-refractivity contribution in [3.63, 3.8) is 0 Å². The number of nitrogens with zero attached hydrogens (tertiary/aromatic N) is 1. The first-order valence-electron chi connectivity index (χ1n) is 5.81. The van der Waals surface area contributed by atoms with Gasteiger partial charge in [0.15, 0.2) is 0 Å². The van der Waals surface area contributed by atoms with Crippen LogP contribution in [0.15, 0.2) is 0 Å². The van der Waals surface area contributed by atoms with Gasteiger partial charge in [0.25, 0.3) is 0 Å². The summed E-state index contributed by atoms with van der Waals surface area (Å²) in [4.78, 5) is 2.35. The summed E-state index contributed by atoms with van der Waals surface area (Å²) in [6.07, 6.45) is 4.47. The Labute approximate surface area is 87.3 Å². The summed E-state index contributed by atoms with van der Waals surface area (Å²) in [6.45, 7) is 6.46. The Morgan fingerprint density at radius 1 is 1.43 bits per heavy atom. The highest BCUT2D eigenvalue weighted by Gasteiger charge is 2.38. The molecule has 84 valence electrons. The zero-order valence-corrected chi connectivity index (χ0v) is 9.50. The molecule has 3 nitrogen and oxygen atoms in total. The fourth-order valence-corrected chi connectivity index (χ4v) is 2.59. The molecule has 14 heavy (non-hydrogen) atoms. The molecule has 3 heteroatoms. The summed E-state index contributed by atoms with van der Waals surface area (Å²) in [5.74, 6) is 0. The van der Waals surface area contributed by atoms with Crippen LogP contribution in [0.4, 0.5) is 0 Å². The van der Waals surface area contributed by atoms with E-state index < -0.39 is 0 Å². The Balaban J connectivity index is 2.64. The quantitative estimate of drug-likeness (QED) is 0.695. The zero-order valence-electron chi connectivity index (χ0n) is 9.50. The predicted octanol–water partition coefficient (Wildman–Crippen LogP) is 0.961. The summed E-state index contributed by atoms with van der Waals surface area (Å²) in [5.41, 5.74) is 6.35. The van der Waals surface area contributed by atoms with Gasteiger partial charge in [-0.15, -0.1) is 0 Å². The molecule has 1 atom stereocenters. The van der Waals surface area contributed by atoms with Crippen molar-refractivity contribution >= 4 is 0 Å². The van der Waals surface area contributed by atoms with Gasteiger partial charge in [0.2, 0.25) is 0 Å². The van der Waals surface area contributed by atoms with Crippen molar-refractivity contribution in [2.75, 3.05) is 19.7 Å². The average molecular weight is 200 g/mol. The monoisotopic (exact) mass is 200 g/mol. The number of hydrogen-bond donors (Lipinski definition) is 2. The molecule has 0 saturated carbocycles. The molecule has 1 aliphatic heterocycles. The Morgan fingerprint density at radius 3 is 2.57 bits per heavy atom. The molecule has 1 unspecified atom stereocenters. The van der Waals surface area contributed by atoms with Gasteiger partial charge in [-0.05, 0) is 32.2 Å². The number of hydrogen-bond acceptors (Lipinski definition) is 3. The number of likely N-dealkylation sites (tertiary alicyclic amines) is 1. The Morgan fingerprint density at radius 2 is 2.07 bits per heavy atom. The van der Waals surface area contributed by atoms with E-state index in [2.05, 4.69) is 18.7 Å². The second-order valence-electron chi connectivity index (χ2n) is 4.36. The smallest absolute Gasteiger partial charge is 0.0558 e. The Hall–Kier alpha value is -0.120. The van der Waals surface area contributed by atoms with Crippen molar-refractivity contribution in [3.8, 4) is 0 Å². The predicted molar refractivity (Wildman–Crippen MR) is 59.2 cm³/mol. The molecule has 1 fully saturated rings. The van der Waals surface area contributed by atoms with Crippen molar-refractivity contribution in [1.82, 2.24) is 4.90 Å². The van der Waals surface area contributed by atoms with Crippen molar-refractivity contribution in [3.05, 3.63) is 0 Å². The summed E-state index contributed by atoms with van der Waals surface area (Å²) in [5, 5.41) is 8.97. The minimum Gasteiger partial charge on any atom is -0.395 e. The van der Waals surface area contributed by atoms with Crippen LogP contribution in [0.1, 0.15) is 39.5 Å². The first kappa shape index (κ1) is 12.0. The van der Waals surface area contributed by atoms with Gasteiger partial charge in [0.1, 0.15) is 0 Å². The van der Waals surface area contributed by atoms with Gasteiger partial charge in [-0.25, -0.2) is 0 Å². The molecule has 0 radical (unpaired) electrons. The standard InChI is InChI=1S/C11H24N2O/c1-3-11(12,4-2)10-6-5-7-13(10)8-9-14/h10,14H,3-9,12H2,1-2H3. The van der Waals surface area contributed by atoms with Crippen LogP contribution in [0, 0.1) is 0 Å². The van der Waals surface area contributed by atoms with Crippen molar-refractivity contribution < 1.29 is 5.11 Å². The third kappa shape index (κ3) is 2.27. The molecular formula is C11H24N2O. The van der Waals surface area contributed by atoms with Gasteiger partial charge in [0, 0.05) is 18.1 Å². The molecule has 0 spiro atoms. The summed E-state index contributed by atoms with van der Waals surface area (Å²) in [7, 11) is 0. The van der Waals surface area contributed by atoms with E-state index in [1.54, 1.807) is 0 Å². The van der Waals surface area contributed by atoms with Crippen LogP contribution < -0.4 is 5.73 Å². The van der Waals surface area contributed by atoms with Crippen LogP contribution in [-0.4, -0.2) is 41.3 Å². The maximum absolute atomic E-state index is 8.97. The number of β-amino-alcohol motifs (C(OH)–C–C–N with tert-alkyl or cyclic N) is 1. The van der Waals surface area contributed by atoms with E-state index in [9.17, 15) is 0 Å². The molecule has 0 aromatic heterocycles. The maximum Gasteiger partial charge on any atom is 0.0558 e. The van der Waals surface area contributed by atoms with Gasteiger partial charge in [-0.3, -0.25) is 4.90 Å². The van der Waals surface area contributed by atoms with Crippen LogP contribution in [0.5, 0.6) is 0 Å². The molecule has 0 amide bonds. The van der Waals surface area contributed by atoms with Crippen LogP contribution >= 0.6 is 0 Å². The lowest BCUT2D eigenvalue weighted by molar-refractivity contribution is 0.126. The minimum atomic E-state index is -0.0499. The zero-order chi connectivity index (χ0) is 10.6. The topological polar surface area (TPSA) is 49.5 Å². The largest absolute Gasteiger partial charge is 0.395 e. The van der Waals surface area contributed by atoms with Gasteiger partial charge in [-0.2, -0.15) is 0 Å².